The minimum Gasteiger partial charge on any atom is -0.384 e. The van der Waals surface area contributed by atoms with E-state index in [-0.39, 0.29) is 5.91 Å². The molecule has 1 atom stereocenters. The van der Waals surface area contributed by atoms with E-state index >= 15 is 0 Å². The number of carbonyl (C=O) groups is 1. The van der Waals surface area contributed by atoms with Gasteiger partial charge in [0.1, 0.15) is 6.10 Å². The van der Waals surface area contributed by atoms with Crippen LogP contribution < -0.4 is 4.90 Å². The van der Waals surface area contributed by atoms with Gasteiger partial charge in [0.2, 0.25) is 5.91 Å². The predicted molar refractivity (Wildman–Crippen MR) is 88.0 cm³/mol. The molecule has 2 aromatic rings. The fourth-order valence-corrected chi connectivity index (χ4v) is 3.17. The van der Waals surface area contributed by atoms with E-state index in [4.69, 9.17) is 0 Å². The molecule has 0 saturated carbocycles. The Morgan fingerprint density at radius 1 is 1.18 bits per heavy atom. The number of carbonyl (C=O) groups excluding carboxylic acids is 1. The molecule has 114 valence electrons. The Morgan fingerprint density at radius 2 is 1.95 bits per heavy atom. The van der Waals surface area contributed by atoms with Crippen molar-refractivity contribution in [3.05, 3.63) is 64.7 Å². The minimum absolute atomic E-state index is 0.183. The molecule has 3 rings (SSSR count). The van der Waals surface area contributed by atoms with Crippen molar-refractivity contribution in [1.82, 2.24) is 0 Å². The molecule has 1 aliphatic rings. The van der Waals surface area contributed by atoms with Gasteiger partial charge >= 0.3 is 0 Å². The van der Waals surface area contributed by atoms with E-state index < -0.39 is 6.10 Å². The molecular formula is C19H21NO2. The first-order valence-electron chi connectivity index (χ1n) is 7.78. The maximum atomic E-state index is 11.9. The van der Waals surface area contributed by atoms with Gasteiger partial charge in [0, 0.05) is 18.7 Å². The van der Waals surface area contributed by atoms with Crippen LogP contribution in [0.5, 0.6) is 0 Å². The number of aliphatic hydroxyl groups excluding tert-OH is 1. The third-order valence-electron chi connectivity index (χ3n) is 4.42. The lowest BCUT2D eigenvalue weighted by atomic mass is 9.93. The van der Waals surface area contributed by atoms with Gasteiger partial charge in [-0.2, -0.15) is 0 Å². The molecule has 0 radical (unpaired) electrons. The van der Waals surface area contributed by atoms with Crippen LogP contribution >= 0.6 is 0 Å². The van der Waals surface area contributed by atoms with Crippen molar-refractivity contribution < 1.29 is 9.90 Å². The molecule has 1 N–H and O–H groups in total. The third-order valence-corrected chi connectivity index (χ3v) is 4.42. The van der Waals surface area contributed by atoms with Crippen molar-refractivity contribution in [2.75, 3.05) is 11.4 Å². The van der Waals surface area contributed by atoms with Crippen LogP contribution in [0.2, 0.25) is 0 Å². The van der Waals surface area contributed by atoms with E-state index in [0.717, 1.165) is 34.4 Å². The summed E-state index contributed by atoms with van der Waals surface area (Å²) in [5.41, 5.74) is 5.03. The van der Waals surface area contributed by atoms with Crippen molar-refractivity contribution in [2.45, 2.75) is 32.8 Å². The zero-order valence-electron chi connectivity index (χ0n) is 13.0. The Morgan fingerprint density at radius 3 is 2.68 bits per heavy atom. The van der Waals surface area contributed by atoms with Gasteiger partial charge in [0.15, 0.2) is 0 Å². The van der Waals surface area contributed by atoms with Crippen LogP contribution in [-0.2, 0) is 11.2 Å². The standard InChI is InChI=1S/C19H21NO2/c1-3-20-17-10-8-15(12-14(17)9-11-18(20)21)19(22)16-7-5-4-6-13(16)2/h4-8,10,12,19,22H,3,9,11H2,1-2H3. The van der Waals surface area contributed by atoms with Gasteiger partial charge in [-0.3, -0.25) is 4.79 Å². The van der Waals surface area contributed by atoms with Gasteiger partial charge in [-0.25, -0.2) is 0 Å². The fourth-order valence-electron chi connectivity index (χ4n) is 3.17. The molecule has 1 aliphatic heterocycles. The second-order valence-corrected chi connectivity index (χ2v) is 5.79. The second kappa shape index (κ2) is 5.93. The van der Waals surface area contributed by atoms with Crippen LogP contribution in [0.3, 0.4) is 0 Å². The summed E-state index contributed by atoms with van der Waals surface area (Å²) in [5, 5.41) is 10.7. The molecule has 1 unspecified atom stereocenters. The number of aliphatic hydroxyl groups is 1. The van der Waals surface area contributed by atoms with Crippen LogP contribution in [-0.4, -0.2) is 17.6 Å². The summed E-state index contributed by atoms with van der Waals surface area (Å²) in [5.74, 6) is 0.183. The van der Waals surface area contributed by atoms with Gasteiger partial charge in [0.05, 0.1) is 0 Å². The Bertz CT molecular complexity index is 708. The highest BCUT2D eigenvalue weighted by molar-refractivity contribution is 5.96. The summed E-state index contributed by atoms with van der Waals surface area (Å²) in [6.45, 7) is 4.68. The first kappa shape index (κ1) is 14.8. The van der Waals surface area contributed by atoms with E-state index in [9.17, 15) is 9.90 Å². The van der Waals surface area contributed by atoms with Crippen molar-refractivity contribution >= 4 is 11.6 Å². The number of rotatable bonds is 3. The number of nitrogens with zero attached hydrogens (tertiary/aromatic N) is 1. The number of aryl methyl sites for hydroxylation is 2. The van der Waals surface area contributed by atoms with Gasteiger partial charge in [-0.05, 0) is 48.6 Å². The number of anilines is 1. The number of hydrogen-bond acceptors (Lipinski definition) is 2. The first-order chi connectivity index (χ1) is 10.6. The summed E-state index contributed by atoms with van der Waals surface area (Å²) in [6.07, 6.45) is 0.670. The van der Waals surface area contributed by atoms with Crippen molar-refractivity contribution in [1.29, 1.82) is 0 Å². The average molecular weight is 295 g/mol. The van der Waals surface area contributed by atoms with E-state index in [1.807, 2.05) is 61.2 Å². The molecule has 0 aromatic heterocycles. The van der Waals surface area contributed by atoms with Gasteiger partial charge < -0.3 is 10.0 Å². The molecule has 3 heteroatoms. The molecule has 0 saturated heterocycles. The Kier molecular flexibility index (Phi) is 3.99. The number of benzene rings is 2. The topological polar surface area (TPSA) is 40.5 Å². The molecule has 0 fully saturated rings. The number of amides is 1. The molecule has 0 bridgehead atoms. The SMILES string of the molecule is CCN1C(=O)CCc2cc(C(O)c3ccccc3C)ccc21. The van der Waals surface area contributed by atoms with E-state index in [1.54, 1.807) is 0 Å². The summed E-state index contributed by atoms with van der Waals surface area (Å²) in [4.78, 5) is 13.8. The summed E-state index contributed by atoms with van der Waals surface area (Å²) < 4.78 is 0. The summed E-state index contributed by atoms with van der Waals surface area (Å²) >= 11 is 0. The Labute approximate surface area is 131 Å². The maximum Gasteiger partial charge on any atom is 0.227 e. The largest absolute Gasteiger partial charge is 0.384 e. The van der Waals surface area contributed by atoms with Crippen molar-refractivity contribution in [3.63, 3.8) is 0 Å². The second-order valence-electron chi connectivity index (χ2n) is 5.79. The van der Waals surface area contributed by atoms with Crippen LogP contribution in [0.4, 0.5) is 5.69 Å². The normalized spacial score (nSPS) is 15.6. The van der Waals surface area contributed by atoms with Crippen LogP contribution in [0.25, 0.3) is 0 Å². The van der Waals surface area contributed by atoms with Gasteiger partial charge in [-0.1, -0.05) is 36.4 Å². The number of fused-ring (bicyclic) bond motifs is 1. The zero-order valence-corrected chi connectivity index (χ0v) is 13.0. The molecule has 0 spiro atoms. The van der Waals surface area contributed by atoms with Crippen LogP contribution in [0.15, 0.2) is 42.5 Å². The van der Waals surface area contributed by atoms with Crippen LogP contribution in [0.1, 0.15) is 41.7 Å². The molecule has 3 nitrogen and oxygen atoms in total. The lowest BCUT2D eigenvalue weighted by molar-refractivity contribution is -0.118. The third kappa shape index (κ3) is 2.53. The van der Waals surface area contributed by atoms with E-state index in [1.165, 1.54) is 0 Å². The highest BCUT2D eigenvalue weighted by Gasteiger charge is 2.24. The van der Waals surface area contributed by atoms with Gasteiger partial charge in [0.25, 0.3) is 0 Å². The fraction of sp³-hybridized carbons (Fsp3) is 0.316. The van der Waals surface area contributed by atoms with Gasteiger partial charge in [-0.15, -0.1) is 0 Å². The molecule has 2 aromatic carbocycles. The molecular weight excluding hydrogens is 274 g/mol. The summed E-state index contributed by atoms with van der Waals surface area (Å²) in [7, 11) is 0. The monoisotopic (exact) mass is 295 g/mol. The van der Waals surface area contributed by atoms with Crippen molar-refractivity contribution in [2.24, 2.45) is 0 Å². The predicted octanol–water partition coefficient (Wildman–Crippen LogP) is 3.38. The molecule has 0 aliphatic carbocycles. The molecule has 1 heterocycles. The zero-order chi connectivity index (χ0) is 15.7. The van der Waals surface area contributed by atoms with E-state index in [2.05, 4.69) is 0 Å². The number of hydrogen-bond donors (Lipinski definition) is 1. The molecule has 22 heavy (non-hydrogen) atoms. The molecule has 1 amide bonds. The first-order valence-corrected chi connectivity index (χ1v) is 7.78. The lowest BCUT2D eigenvalue weighted by Crippen LogP contribution is -2.34. The Balaban J connectivity index is 1.97. The highest BCUT2D eigenvalue weighted by Crippen LogP contribution is 2.32. The maximum absolute atomic E-state index is 11.9. The minimum atomic E-state index is -0.626. The quantitative estimate of drug-likeness (QED) is 0.943. The average Bonchev–Trinajstić information content (AvgIpc) is 2.54. The smallest absolute Gasteiger partial charge is 0.227 e. The summed E-state index contributed by atoms with van der Waals surface area (Å²) in [6, 6.07) is 13.8. The lowest BCUT2D eigenvalue weighted by Gasteiger charge is -2.29. The highest BCUT2D eigenvalue weighted by atomic mass is 16.3. The van der Waals surface area contributed by atoms with E-state index in [0.29, 0.717) is 13.0 Å². The van der Waals surface area contributed by atoms with Crippen molar-refractivity contribution in [3.8, 4) is 0 Å². The van der Waals surface area contributed by atoms with Crippen LogP contribution in [0, 0.1) is 6.92 Å². The Hall–Kier alpha value is -2.13.